The number of nitrogens with zero attached hydrogens (tertiary/aromatic N) is 5. The number of hydrogen-bond donors (Lipinski definition) is 0. The van der Waals surface area contributed by atoms with Crippen molar-refractivity contribution in [2.75, 3.05) is 26.2 Å². The fourth-order valence-electron chi connectivity index (χ4n) is 2.89. The number of hydrogen-bond acceptors (Lipinski definition) is 4. The van der Waals surface area contributed by atoms with Crippen molar-refractivity contribution in [2.24, 2.45) is 7.05 Å². The first-order chi connectivity index (χ1) is 11.1. The molecule has 23 heavy (non-hydrogen) atoms. The van der Waals surface area contributed by atoms with Gasteiger partial charge in [-0.05, 0) is 24.6 Å². The van der Waals surface area contributed by atoms with Crippen LogP contribution in [-0.2, 0) is 13.6 Å². The average Bonchev–Trinajstić information content (AvgIpc) is 2.81. The molecular weight excluding hydrogens is 314 g/mol. The molecule has 0 aliphatic carbocycles. The number of carbonyl (C=O) groups excluding carboxylic acids is 1. The zero-order valence-corrected chi connectivity index (χ0v) is 14.1. The van der Waals surface area contributed by atoms with E-state index in [0.29, 0.717) is 29.5 Å². The van der Waals surface area contributed by atoms with Gasteiger partial charge in [0.25, 0.3) is 5.91 Å². The van der Waals surface area contributed by atoms with Crippen molar-refractivity contribution in [3.63, 3.8) is 0 Å². The normalized spacial score (nSPS) is 15.9. The topological polar surface area (TPSA) is 54.3 Å². The number of carbonyl (C=O) groups is 1. The summed E-state index contributed by atoms with van der Waals surface area (Å²) in [5.74, 6) is -0.0239. The van der Waals surface area contributed by atoms with E-state index in [1.165, 1.54) is 5.56 Å². The molecule has 0 saturated carbocycles. The van der Waals surface area contributed by atoms with Gasteiger partial charge >= 0.3 is 0 Å². The lowest BCUT2D eigenvalue weighted by Crippen LogP contribution is -2.48. The molecule has 0 radical (unpaired) electrons. The van der Waals surface area contributed by atoms with Crippen molar-refractivity contribution in [3.05, 3.63) is 46.5 Å². The first-order valence-electron chi connectivity index (χ1n) is 7.66. The van der Waals surface area contributed by atoms with Crippen LogP contribution in [0.5, 0.6) is 0 Å². The highest BCUT2D eigenvalue weighted by Crippen LogP contribution is 2.21. The molecular formula is C16H20ClN5O. The summed E-state index contributed by atoms with van der Waals surface area (Å²) >= 11 is 6.20. The second kappa shape index (κ2) is 6.68. The van der Waals surface area contributed by atoms with Gasteiger partial charge in [-0.25, -0.2) is 0 Å². The molecule has 1 fully saturated rings. The highest BCUT2D eigenvalue weighted by molar-refractivity contribution is 6.33. The SMILES string of the molecule is Cc1nn(C)c(Cl)c1C(=O)N1CCN(Cc2ccncc2)CC1. The summed E-state index contributed by atoms with van der Waals surface area (Å²) in [6.45, 7) is 5.81. The minimum absolute atomic E-state index is 0.0239. The van der Waals surface area contributed by atoms with Gasteiger partial charge in [0.15, 0.2) is 0 Å². The van der Waals surface area contributed by atoms with Crippen molar-refractivity contribution in [1.29, 1.82) is 0 Å². The van der Waals surface area contributed by atoms with E-state index in [1.807, 2.05) is 36.4 Å². The molecule has 7 heteroatoms. The maximum Gasteiger partial charge on any atom is 0.258 e. The monoisotopic (exact) mass is 333 g/mol. The maximum absolute atomic E-state index is 12.7. The van der Waals surface area contributed by atoms with Crippen LogP contribution in [0.2, 0.25) is 5.15 Å². The maximum atomic E-state index is 12.7. The number of halogens is 1. The van der Waals surface area contributed by atoms with Crippen molar-refractivity contribution in [2.45, 2.75) is 13.5 Å². The lowest BCUT2D eigenvalue weighted by molar-refractivity contribution is 0.0628. The molecule has 0 unspecified atom stereocenters. The molecule has 2 aromatic rings. The fraction of sp³-hybridized carbons (Fsp3) is 0.438. The van der Waals surface area contributed by atoms with Crippen molar-refractivity contribution < 1.29 is 4.79 Å². The molecule has 1 aliphatic heterocycles. The van der Waals surface area contributed by atoms with Crippen molar-refractivity contribution in [3.8, 4) is 0 Å². The molecule has 3 heterocycles. The number of amides is 1. The Labute approximate surface area is 140 Å². The third kappa shape index (κ3) is 3.38. The zero-order valence-electron chi connectivity index (χ0n) is 13.4. The fourth-order valence-corrected chi connectivity index (χ4v) is 3.14. The summed E-state index contributed by atoms with van der Waals surface area (Å²) in [4.78, 5) is 20.9. The molecule has 0 bridgehead atoms. The van der Waals surface area contributed by atoms with E-state index in [-0.39, 0.29) is 5.91 Å². The Morgan fingerprint density at radius 1 is 1.22 bits per heavy atom. The lowest BCUT2D eigenvalue weighted by atomic mass is 10.2. The van der Waals surface area contributed by atoms with Crippen LogP contribution < -0.4 is 0 Å². The van der Waals surface area contributed by atoms with E-state index in [9.17, 15) is 4.79 Å². The Balaban J connectivity index is 1.61. The summed E-state index contributed by atoms with van der Waals surface area (Å²) < 4.78 is 1.55. The minimum atomic E-state index is -0.0239. The summed E-state index contributed by atoms with van der Waals surface area (Å²) in [5.41, 5.74) is 2.45. The number of aromatic nitrogens is 3. The summed E-state index contributed by atoms with van der Waals surface area (Å²) in [6.07, 6.45) is 3.62. The van der Waals surface area contributed by atoms with E-state index < -0.39 is 0 Å². The van der Waals surface area contributed by atoms with Gasteiger partial charge in [0.05, 0.1) is 11.3 Å². The second-order valence-corrected chi connectivity index (χ2v) is 6.16. The van der Waals surface area contributed by atoms with Gasteiger partial charge in [-0.1, -0.05) is 11.6 Å². The number of piperazine rings is 1. The van der Waals surface area contributed by atoms with E-state index >= 15 is 0 Å². The Morgan fingerprint density at radius 2 is 1.87 bits per heavy atom. The van der Waals surface area contributed by atoms with Crippen molar-refractivity contribution in [1.82, 2.24) is 24.6 Å². The van der Waals surface area contributed by atoms with Crippen LogP contribution in [0.1, 0.15) is 21.6 Å². The van der Waals surface area contributed by atoms with Crippen LogP contribution in [0, 0.1) is 6.92 Å². The van der Waals surface area contributed by atoms with Gasteiger partial charge in [0, 0.05) is 52.2 Å². The van der Waals surface area contributed by atoms with Crippen LogP contribution in [0.25, 0.3) is 0 Å². The Morgan fingerprint density at radius 3 is 2.43 bits per heavy atom. The second-order valence-electron chi connectivity index (χ2n) is 5.80. The standard InChI is InChI=1S/C16H20ClN5O/c1-12-14(15(17)20(2)19-12)16(23)22-9-7-21(8-10-22)11-13-3-5-18-6-4-13/h3-6H,7-11H2,1-2H3. The number of rotatable bonds is 3. The van der Waals surface area contributed by atoms with E-state index in [0.717, 1.165) is 19.6 Å². The molecule has 3 rings (SSSR count). The highest BCUT2D eigenvalue weighted by Gasteiger charge is 2.27. The zero-order chi connectivity index (χ0) is 16.4. The van der Waals surface area contributed by atoms with Crippen LogP contribution in [0.15, 0.2) is 24.5 Å². The lowest BCUT2D eigenvalue weighted by Gasteiger charge is -2.34. The Hall–Kier alpha value is -1.92. The van der Waals surface area contributed by atoms with Crippen LogP contribution >= 0.6 is 11.6 Å². The van der Waals surface area contributed by atoms with Crippen molar-refractivity contribution >= 4 is 17.5 Å². The first-order valence-corrected chi connectivity index (χ1v) is 8.03. The number of aryl methyl sites for hydroxylation is 2. The van der Waals surface area contributed by atoms with E-state index in [2.05, 4.69) is 15.0 Å². The summed E-state index contributed by atoms with van der Waals surface area (Å²) in [7, 11) is 1.75. The number of pyridine rings is 1. The third-order valence-electron chi connectivity index (χ3n) is 4.18. The van der Waals surface area contributed by atoms with Crippen LogP contribution in [0.3, 0.4) is 0 Å². The van der Waals surface area contributed by atoms with Gasteiger partial charge in [-0.15, -0.1) is 0 Å². The highest BCUT2D eigenvalue weighted by atomic mass is 35.5. The third-order valence-corrected chi connectivity index (χ3v) is 4.61. The van der Waals surface area contributed by atoms with Gasteiger partial charge in [-0.3, -0.25) is 19.4 Å². The first kappa shape index (κ1) is 16.0. The molecule has 122 valence electrons. The molecule has 0 N–H and O–H groups in total. The molecule has 6 nitrogen and oxygen atoms in total. The predicted octanol–water partition coefficient (Wildman–Crippen LogP) is 1.73. The van der Waals surface area contributed by atoms with Gasteiger partial charge in [0.1, 0.15) is 5.15 Å². The minimum Gasteiger partial charge on any atom is -0.336 e. The summed E-state index contributed by atoms with van der Waals surface area (Å²) in [6, 6.07) is 4.05. The smallest absolute Gasteiger partial charge is 0.258 e. The largest absolute Gasteiger partial charge is 0.336 e. The molecule has 1 aliphatic rings. The van der Waals surface area contributed by atoms with E-state index in [4.69, 9.17) is 11.6 Å². The quantitative estimate of drug-likeness (QED) is 0.858. The molecule has 2 aromatic heterocycles. The van der Waals surface area contributed by atoms with Gasteiger partial charge < -0.3 is 4.90 Å². The molecule has 0 spiro atoms. The Bertz CT molecular complexity index is 692. The van der Waals surface area contributed by atoms with Gasteiger partial charge in [-0.2, -0.15) is 5.10 Å². The van der Waals surface area contributed by atoms with E-state index in [1.54, 1.807) is 11.7 Å². The van der Waals surface area contributed by atoms with Crippen LogP contribution in [0.4, 0.5) is 0 Å². The molecule has 1 saturated heterocycles. The summed E-state index contributed by atoms with van der Waals surface area (Å²) in [5, 5.41) is 4.63. The Kier molecular flexibility index (Phi) is 4.63. The average molecular weight is 334 g/mol. The molecule has 1 amide bonds. The molecule has 0 atom stereocenters. The van der Waals surface area contributed by atoms with Gasteiger partial charge in [0.2, 0.25) is 0 Å². The predicted molar refractivity (Wildman–Crippen MR) is 88.4 cm³/mol. The molecule has 0 aromatic carbocycles. The van der Waals surface area contributed by atoms with Crippen LogP contribution in [-0.4, -0.2) is 56.7 Å².